The van der Waals surface area contributed by atoms with E-state index in [1.807, 2.05) is 0 Å². The van der Waals surface area contributed by atoms with Crippen LogP contribution in [0.4, 0.5) is 9.18 Å². The largest absolute Gasteiger partial charge is 0.465 e. The van der Waals surface area contributed by atoms with Crippen molar-refractivity contribution < 1.29 is 14.3 Å². The molecule has 2 rings (SSSR count). The maximum absolute atomic E-state index is 13.1. The molecule has 0 atom stereocenters. The van der Waals surface area contributed by atoms with Gasteiger partial charge in [-0.05, 0) is 11.6 Å². The summed E-state index contributed by atoms with van der Waals surface area (Å²) in [6.45, 7) is 0.458. The number of fused-ring (bicyclic) bond motifs is 1. The lowest BCUT2D eigenvalue weighted by molar-refractivity contribution is 0.145. The van der Waals surface area contributed by atoms with Gasteiger partial charge >= 0.3 is 6.09 Å². The highest BCUT2D eigenvalue weighted by Gasteiger charge is 2.24. The standard InChI is InChI=1S/C9H8FNO2/c10-8-3-1-2-6-4-11(9(12)13)5-7(6)8/h1-3H,4-5H2,(H,12,13). The van der Waals surface area contributed by atoms with Crippen LogP contribution in [-0.4, -0.2) is 16.1 Å². The highest BCUT2D eigenvalue weighted by molar-refractivity contribution is 5.66. The molecule has 1 aromatic rings. The lowest BCUT2D eigenvalue weighted by Crippen LogP contribution is -2.22. The third-order valence-electron chi connectivity index (χ3n) is 2.20. The van der Waals surface area contributed by atoms with Crippen molar-refractivity contribution in [2.24, 2.45) is 0 Å². The molecular weight excluding hydrogens is 173 g/mol. The summed E-state index contributed by atoms with van der Waals surface area (Å²) in [6, 6.07) is 4.70. The van der Waals surface area contributed by atoms with Crippen molar-refractivity contribution in [2.75, 3.05) is 0 Å². The van der Waals surface area contributed by atoms with Crippen LogP contribution < -0.4 is 0 Å². The molecule has 13 heavy (non-hydrogen) atoms. The first-order valence-electron chi connectivity index (χ1n) is 3.92. The molecule has 1 aliphatic rings. The highest BCUT2D eigenvalue weighted by atomic mass is 19.1. The summed E-state index contributed by atoms with van der Waals surface area (Å²) in [5, 5.41) is 8.68. The van der Waals surface area contributed by atoms with Crippen molar-refractivity contribution in [3.63, 3.8) is 0 Å². The monoisotopic (exact) mass is 181 g/mol. The average Bonchev–Trinajstić information content (AvgIpc) is 2.49. The lowest BCUT2D eigenvalue weighted by atomic mass is 10.1. The number of rotatable bonds is 0. The zero-order valence-corrected chi connectivity index (χ0v) is 6.83. The van der Waals surface area contributed by atoms with Crippen LogP contribution in [0.5, 0.6) is 0 Å². The van der Waals surface area contributed by atoms with E-state index < -0.39 is 6.09 Å². The van der Waals surface area contributed by atoms with Crippen molar-refractivity contribution in [3.8, 4) is 0 Å². The Balaban J connectivity index is 2.35. The van der Waals surface area contributed by atoms with Gasteiger partial charge in [-0.1, -0.05) is 12.1 Å². The summed E-state index contributed by atoms with van der Waals surface area (Å²) >= 11 is 0. The first-order valence-corrected chi connectivity index (χ1v) is 3.92. The van der Waals surface area contributed by atoms with Gasteiger partial charge in [0.1, 0.15) is 5.82 Å². The molecule has 0 saturated carbocycles. The summed E-state index contributed by atoms with van der Waals surface area (Å²) in [7, 11) is 0. The van der Waals surface area contributed by atoms with E-state index in [0.717, 1.165) is 5.56 Å². The van der Waals surface area contributed by atoms with E-state index in [9.17, 15) is 9.18 Å². The predicted octanol–water partition coefficient (Wildman–Crippen LogP) is 1.82. The Morgan fingerprint density at radius 1 is 1.46 bits per heavy atom. The third-order valence-corrected chi connectivity index (χ3v) is 2.20. The molecule has 0 bridgehead atoms. The first-order chi connectivity index (χ1) is 6.18. The minimum atomic E-state index is -1.00. The highest BCUT2D eigenvalue weighted by Crippen LogP contribution is 2.24. The number of benzene rings is 1. The van der Waals surface area contributed by atoms with E-state index in [1.165, 1.54) is 11.0 Å². The van der Waals surface area contributed by atoms with E-state index >= 15 is 0 Å². The molecule has 0 aromatic heterocycles. The normalized spacial score (nSPS) is 14.4. The molecule has 1 aliphatic heterocycles. The number of halogens is 1. The van der Waals surface area contributed by atoms with Gasteiger partial charge in [-0.15, -0.1) is 0 Å². The number of carbonyl (C=O) groups is 1. The molecule has 68 valence electrons. The van der Waals surface area contributed by atoms with Crippen molar-refractivity contribution in [1.29, 1.82) is 0 Å². The zero-order chi connectivity index (χ0) is 9.42. The van der Waals surface area contributed by atoms with Gasteiger partial charge in [0.2, 0.25) is 0 Å². The molecule has 3 nitrogen and oxygen atoms in total. The maximum Gasteiger partial charge on any atom is 0.407 e. The second kappa shape index (κ2) is 2.73. The molecule has 1 N–H and O–H groups in total. The summed E-state index contributed by atoms with van der Waals surface area (Å²) in [6.07, 6.45) is -1.00. The molecule has 1 amide bonds. The summed E-state index contributed by atoms with van der Waals surface area (Å²) < 4.78 is 13.1. The Morgan fingerprint density at radius 2 is 2.23 bits per heavy atom. The van der Waals surface area contributed by atoms with Gasteiger partial charge in [-0.2, -0.15) is 0 Å². The van der Waals surface area contributed by atoms with Gasteiger partial charge in [0.15, 0.2) is 0 Å². The topological polar surface area (TPSA) is 40.5 Å². The van der Waals surface area contributed by atoms with E-state index in [1.54, 1.807) is 12.1 Å². The van der Waals surface area contributed by atoms with Crippen LogP contribution in [0.15, 0.2) is 18.2 Å². The summed E-state index contributed by atoms with van der Waals surface area (Å²) in [4.78, 5) is 11.8. The van der Waals surface area contributed by atoms with Gasteiger partial charge < -0.3 is 5.11 Å². The fraction of sp³-hybridized carbons (Fsp3) is 0.222. The number of hydrogen-bond donors (Lipinski definition) is 1. The zero-order valence-electron chi connectivity index (χ0n) is 6.83. The minimum absolute atomic E-state index is 0.164. The van der Waals surface area contributed by atoms with Gasteiger partial charge in [0.25, 0.3) is 0 Å². The van der Waals surface area contributed by atoms with Crippen LogP contribution in [0, 0.1) is 5.82 Å². The van der Waals surface area contributed by atoms with E-state index in [4.69, 9.17) is 5.11 Å². The van der Waals surface area contributed by atoms with Crippen molar-refractivity contribution in [3.05, 3.63) is 35.1 Å². The van der Waals surface area contributed by atoms with Crippen LogP contribution in [0.25, 0.3) is 0 Å². The van der Waals surface area contributed by atoms with Crippen molar-refractivity contribution >= 4 is 6.09 Å². The smallest absolute Gasteiger partial charge is 0.407 e. The van der Waals surface area contributed by atoms with E-state index in [-0.39, 0.29) is 12.4 Å². The van der Waals surface area contributed by atoms with E-state index in [0.29, 0.717) is 12.1 Å². The first kappa shape index (κ1) is 8.04. The molecule has 0 aliphatic carbocycles. The maximum atomic E-state index is 13.1. The number of hydrogen-bond acceptors (Lipinski definition) is 1. The quantitative estimate of drug-likeness (QED) is 0.663. The molecule has 1 heterocycles. The van der Waals surface area contributed by atoms with Gasteiger partial charge in [-0.25, -0.2) is 9.18 Å². The lowest BCUT2D eigenvalue weighted by Gasteiger charge is -2.08. The van der Waals surface area contributed by atoms with Crippen LogP contribution in [0.2, 0.25) is 0 Å². The third kappa shape index (κ3) is 1.24. The Morgan fingerprint density at radius 3 is 2.85 bits per heavy atom. The van der Waals surface area contributed by atoms with Crippen LogP contribution in [0.1, 0.15) is 11.1 Å². The molecular formula is C9H8FNO2. The van der Waals surface area contributed by atoms with Gasteiger partial charge in [-0.3, -0.25) is 4.90 Å². The van der Waals surface area contributed by atoms with Crippen molar-refractivity contribution in [2.45, 2.75) is 13.1 Å². The van der Waals surface area contributed by atoms with E-state index in [2.05, 4.69) is 0 Å². The number of nitrogens with zero attached hydrogens (tertiary/aromatic N) is 1. The van der Waals surface area contributed by atoms with Crippen LogP contribution >= 0.6 is 0 Å². The molecule has 4 heteroatoms. The van der Waals surface area contributed by atoms with Crippen LogP contribution in [-0.2, 0) is 13.1 Å². The molecule has 0 spiro atoms. The summed E-state index contributed by atoms with van der Waals surface area (Å²) in [5.74, 6) is -0.318. The second-order valence-corrected chi connectivity index (χ2v) is 3.02. The van der Waals surface area contributed by atoms with Gasteiger partial charge in [0.05, 0.1) is 6.54 Å². The molecule has 1 aromatic carbocycles. The Hall–Kier alpha value is -1.58. The fourth-order valence-electron chi connectivity index (χ4n) is 1.52. The predicted molar refractivity (Wildman–Crippen MR) is 43.7 cm³/mol. The SMILES string of the molecule is O=C(O)N1Cc2cccc(F)c2C1. The Labute approximate surface area is 74.4 Å². The number of amides is 1. The Kier molecular flexibility index (Phi) is 1.69. The molecule has 0 unspecified atom stereocenters. The molecule has 0 saturated heterocycles. The van der Waals surface area contributed by atoms with Gasteiger partial charge in [0, 0.05) is 12.1 Å². The Bertz CT molecular complexity index is 365. The molecule has 0 fully saturated rings. The minimum Gasteiger partial charge on any atom is -0.465 e. The summed E-state index contributed by atoms with van der Waals surface area (Å²) in [5.41, 5.74) is 1.27. The fourth-order valence-corrected chi connectivity index (χ4v) is 1.52. The average molecular weight is 181 g/mol. The van der Waals surface area contributed by atoms with Crippen molar-refractivity contribution in [1.82, 2.24) is 4.90 Å². The second-order valence-electron chi connectivity index (χ2n) is 3.02. The van der Waals surface area contributed by atoms with Crippen LogP contribution in [0.3, 0.4) is 0 Å². The number of carboxylic acid groups (broad SMARTS) is 1. The molecule has 0 radical (unpaired) electrons.